The molecule has 0 atom stereocenters. The van der Waals surface area contributed by atoms with E-state index in [1.54, 1.807) is 0 Å². The van der Waals surface area contributed by atoms with Gasteiger partial charge in [-0.15, -0.1) is 0 Å². The summed E-state index contributed by atoms with van der Waals surface area (Å²) in [6, 6.07) is 11.8. The van der Waals surface area contributed by atoms with E-state index < -0.39 is 0 Å². The molecule has 2 aliphatic rings. The van der Waals surface area contributed by atoms with E-state index in [0.717, 1.165) is 43.0 Å². The van der Waals surface area contributed by atoms with Crippen molar-refractivity contribution >= 4 is 12.6 Å². The van der Waals surface area contributed by atoms with Gasteiger partial charge in [-0.2, -0.15) is 0 Å². The van der Waals surface area contributed by atoms with Crippen LogP contribution in [0.15, 0.2) is 36.4 Å². The van der Waals surface area contributed by atoms with Crippen molar-refractivity contribution in [1.29, 1.82) is 0 Å². The van der Waals surface area contributed by atoms with Gasteiger partial charge in [-0.3, -0.25) is 9.59 Å². The molecule has 0 radical (unpaired) electrons. The second-order valence-electron chi connectivity index (χ2n) is 5.25. The highest BCUT2D eigenvalue weighted by Gasteiger charge is 2.15. The van der Waals surface area contributed by atoms with Crippen molar-refractivity contribution in [3.8, 4) is 0 Å². The maximum atomic E-state index is 10.4. The van der Waals surface area contributed by atoms with E-state index in [2.05, 4.69) is 6.07 Å². The smallest absolute Gasteiger partial charge is 0.150 e. The van der Waals surface area contributed by atoms with Gasteiger partial charge in [0.05, 0.1) is 0 Å². The molecule has 20 heavy (non-hydrogen) atoms. The van der Waals surface area contributed by atoms with E-state index in [1.165, 1.54) is 28.7 Å². The van der Waals surface area contributed by atoms with Crippen LogP contribution in [-0.4, -0.2) is 12.6 Å². The molecular formula is C18H16O2. The lowest BCUT2D eigenvalue weighted by Crippen LogP contribution is -2.10. The average Bonchev–Trinajstić information content (AvgIpc) is 2.42. The lowest BCUT2D eigenvalue weighted by Gasteiger charge is -2.19. The predicted molar refractivity (Wildman–Crippen MR) is 78.5 cm³/mol. The summed E-state index contributed by atoms with van der Waals surface area (Å²) in [5.74, 6) is 0. The third-order valence-electron chi connectivity index (χ3n) is 4.11. The Labute approximate surface area is 118 Å². The molecule has 2 nitrogen and oxygen atoms in total. The largest absolute Gasteiger partial charge is 0.298 e. The number of hydrogen-bond acceptors (Lipinski definition) is 2. The first-order valence-electron chi connectivity index (χ1n) is 6.95. The quantitative estimate of drug-likeness (QED) is 0.781. The van der Waals surface area contributed by atoms with Crippen molar-refractivity contribution in [2.75, 3.05) is 0 Å². The van der Waals surface area contributed by atoms with Crippen molar-refractivity contribution in [1.82, 2.24) is 0 Å². The summed E-state index contributed by atoms with van der Waals surface area (Å²) in [6.45, 7) is 0. The average molecular weight is 264 g/mol. The first kappa shape index (κ1) is 12.8. The number of carbonyl (C=O) groups is 2. The standard InChI is InChI=1S/2C9H8O/c10-6-7-1-2-8-3-4-9(8)5-7;10-6-8-3-1-2-7-4-5-9(7)8/h1-2,5-6H,3-4H2;1-3,6H,4-5H2. The van der Waals surface area contributed by atoms with Crippen molar-refractivity contribution in [3.63, 3.8) is 0 Å². The van der Waals surface area contributed by atoms with Gasteiger partial charge in [-0.1, -0.05) is 30.3 Å². The minimum Gasteiger partial charge on any atom is -0.298 e. The molecule has 0 fully saturated rings. The summed E-state index contributed by atoms with van der Waals surface area (Å²) < 4.78 is 0. The second kappa shape index (κ2) is 5.41. The van der Waals surface area contributed by atoms with Crippen molar-refractivity contribution in [2.45, 2.75) is 25.7 Å². The molecule has 4 rings (SSSR count). The fourth-order valence-corrected chi connectivity index (χ4v) is 2.68. The van der Waals surface area contributed by atoms with Gasteiger partial charge in [-0.05, 0) is 54.0 Å². The van der Waals surface area contributed by atoms with Crippen LogP contribution in [0.2, 0.25) is 0 Å². The molecule has 2 aliphatic carbocycles. The molecule has 0 saturated heterocycles. The lowest BCUT2D eigenvalue weighted by atomic mass is 9.85. The highest BCUT2D eigenvalue weighted by Crippen LogP contribution is 2.24. The highest BCUT2D eigenvalue weighted by atomic mass is 16.1. The molecular weight excluding hydrogens is 248 g/mol. The highest BCUT2D eigenvalue weighted by molar-refractivity contribution is 5.79. The van der Waals surface area contributed by atoms with Crippen LogP contribution in [0.5, 0.6) is 0 Å². The van der Waals surface area contributed by atoms with E-state index in [4.69, 9.17) is 0 Å². The second-order valence-corrected chi connectivity index (χ2v) is 5.25. The third-order valence-corrected chi connectivity index (χ3v) is 4.11. The maximum absolute atomic E-state index is 10.4. The zero-order valence-corrected chi connectivity index (χ0v) is 11.3. The van der Waals surface area contributed by atoms with Crippen LogP contribution >= 0.6 is 0 Å². The SMILES string of the molecule is O=Cc1ccc2c(c1)CC2.O=Cc1cccc2c1CC2. The van der Waals surface area contributed by atoms with Crippen molar-refractivity contribution in [2.24, 2.45) is 0 Å². The van der Waals surface area contributed by atoms with E-state index in [-0.39, 0.29) is 0 Å². The predicted octanol–water partition coefficient (Wildman–Crippen LogP) is 3.20. The number of fused-ring (bicyclic) bond motifs is 2. The Hall–Kier alpha value is -2.22. The van der Waals surface area contributed by atoms with Crippen LogP contribution in [0.25, 0.3) is 0 Å². The Bertz CT molecular complexity index is 671. The fourth-order valence-electron chi connectivity index (χ4n) is 2.68. The van der Waals surface area contributed by atoms with Crippen molar-refractivity contribution in [3.05, 3.63) is 69.8 Å². The number of rotatable bonds is 2. The number of hydrogen-bond donors (Lipinski definition) is 0. The molecule has 0 N–H and O–H groups in total. The Balaban J connectivity index is 0.000000121. The molecule has 0 amide bonds. The summed E-state index contributed by atoms with van der Waals surface area (Å²) in [5.41, 5.74) is 7.06. The van der Waals surface area contributed by atoms with Gasteiger partial charge in [0.1, 0.15) is 12.6 Å². The van der Waals surface area contributed by atoms with Crippen LogP contribution in [-0.2, 0) is 25.7 Å². The molecule has 2 aromatic carbocycles. The van der Waals surface area contributed by atoms with E-state index in [1.807, 2.05) is 30.3 Å². The zero-order chi connectivity index (χ0) is 13.9. The molecule has 0 bridgehead atoms. The first-order valence-corrected chi connectivity index (χ1v) is 6.95. The van der Waals surface area contributed by atoms with Gasteiger partial charge in [-0.25, -0.2) is 0 Å². The molecule has 0 heterocycles. The van der Waals surface area contributed by atoms with Gasteiger partial charge >= 0.3 is 0 Å². The summed E-state index contributed by atoms with van der Waals surface area (Å²) in [5, 5.41) is 0. The Morgan fingerprint density at radius 2 is 1.55 bits per heavy atom. The van der Waals surface area contributed by atoms with E-state index >= 15 is 0 Å². The monoisotopic (exact) mass is 264 g/mol. The lowest BCUT2D eigenvalue weighted by molar-refractivity contribution is 0.111. The topological polar surface area (TPSA) is 34.1 Å². The molecule has 0 saturated carbocycles. The normalized spacial score (nSPS) is 13.6. The number of aryl methyl sites for hydroxylation is 3. The summed E-state index contributed by atoms with van der Waals surface area (Å²) in [4.78, 5) is 20.7. The Morgan fingerprint density at radius 3 is 2.05 bits per heavy atom. The van der Waals surface area contributed by atoms with Gasteiger partial charge in [0.25, 0.3) is 0 Å². The summed E-state index contributed by atoms with van der Waals surface area (Å²) in [7, 11) is 0. The van der Waals surface area contributed by atoms with Crippen LogP contribution in [0.4, 0.5) is 0 Å². The fraction of sp³-hybridized carbons (Fsp3) is 0.222. The maximum Gasteiger partial charge on any atom is 0.150 e. The molecule has 2 aromatic rings. The minimum atomic E-state index is 0.804. The van der Waals surface area contributed by atoms with Gasteiger partial charge in [0.15, 0.2) is 0 Å². The summed E-state index contributed by atoms with van der Waals surface area (Å²) >= 11 is 0. The van der Waals surface area contributed by atoms with Crippen LogP contribution in [0.1, 0.15) is 43.0 Å². The third kappa shape index (κ3) is 2.29. The minimum absolute atomic E-state index is 0.804. The van der Waals surface area contributed by atoms with Crippen molar-refractivity contribution < 1.29 is 9.59 Å². The van der Waals surface area contributed by atoms with E-state index in [9.17, 15) is 9.59 Å². The number of carbonyl (C=O) groups excluding carboxylic acids is 2. The van der Waals surface area contributed by atoms with Crippen LogP contribution < -0.4 is 0 Å². The summed E-state index contributed by atoms with van der Waals surface area (Å²) in [6.07, 6.45) is 6.42. The molecule has 100 valence electrons. The Kier molecular flexibility index (Phi) is 3.46. The van der Waals surface area contributed by atoms with Gasteiger partial charge in [0, 0.05) is 11.1 Å². The van der Waals surface area contributed by atoms with Gasteiger partial charge < -0.3 is 0 Å². The number of benzene rings is 2. The van der Waals surface area contributed by atoms with E-state index in [0.29, 0.717) is 0 Å². The zero-order valence-electron chi connectivity index (χ0n) is 11.3. The number of aldehydes is 2. The van der Waals surface area contributed by atoms with Crippen LogP contribution in [0, 0.1) is 0 Å². The molecule has 0 unspecified atom stereocenters. The molecule has 0 aromatic heterocycles. The molecule has 0 aliphatic heterocycles. The van der Waals surface area contributed by atoms with Crippen LogP contribution in [0.3, 0.4) is 0 Å². The molecule has 2 heteroatoms. The first-order chi connectivity index (χ1) is 9.81. The molecule has 0 spiro atoms. The van der Waals surface area contributed by atoms with Gasteiger partial charge in [0.2, 0.25) is 0 Å². The Morgan fingerprint density at radius 1 is 0.750 bits per heavy atom.